The average Bonchev–Trinajstić information content (AvgIpc) is 2.89. The van der Waals surface area contributed by atoms with E-state index in [-0.39, 0.29) is 5.91 Å². The lowest BCUT2D eigenvalue weighted by Crippen LogP contribution is -2.30. The highest BCUT2D eigenvalue weighted by Gasteiger charge is 2.10. The zero-order chi connectivity index (χ0) is 14.4. The second-order valence-corrected chi connectivity index (χ2v) is 4.97. The summed E-state index contributed by atoms with van der Waals surface area (Å²) in [5.41, 5.74) is 3.35. The number of aryl methyl sites for hydroxylation is 1. The molecule has 0 bridgehead atoms. The van der Waals surface area contributed by atoms with Gasteiger partial charge < -0.3 is 9.15 Å². The van der Waals surface area contributed by atoms with E-state index in [1.165, 1.54) is 11.8 Å². The average molecular weight is 293 g/mol. The maximum absolute atomic E-state index is 11.5. The molecule has 0 radical (unpaired) electrons. The molecule has 0 saturated carbocycles. The fraction of sp³-hybridized carbons (Fsp3) is 0.231. The van der Waals surface area contributed by atoms with E-state index >= 15 is 0 Å². The molecule has 1 heterocycles. The Labute approximate surface area is 120 Å². The van der Waals surface area contributed by atoms with E-state index in [4.69, 9.17) is 15.0 Å². The van der Waals surface area contributed by atoms with Crippen molar-refractivity contribution in [1.82, 2.24) is 10.4 Å². The number of benzene rings is 1. The maximum Gasteiger partial charge on any atom is 0.268 e. The standard InChI is InChI=1S/C13H15N3O3S/c1-9-8-19-13(15-9)20-7-6-18-11-5-3-2-4-10(11)12(17)16-14/h2-5,8H,6-7,14H2,1H3,(H,16,17). The van der Waals surface area contributed by atoms with Gasteiger partial charge in [0.15, 0.2) is 0 Å². The molecule has 20 heavy (non-hydrogen) atoms. The summed E-state index contributed by atoms with van der Waals surface area (Å²) in [6.07, 6.45) is 1.60. The van der Waals surface area contributed by atoms with Gasteiger partial charge in [0.2, 0.25) is 0 Å². The molecule has 0 atom stereocenters. The molecule has 7 heteroatoms. The third-order valence-electron chi connectivity index (χ3n) is 2.43. The molecule has 1 aromatic carbocycles. The Morgan fingerprint density at radius 1 is 1.50 bits per heavy atom. The number of carbonyl (C=O) groups is 1. The summed E-state index contributed by atoms with van der Waals surface area (Å²) >= 11 is 1.45. The summed E-state index contributed by atoms with van der Waals surface area (Å²) in [6, 6.07) is 6.93. The molecule has 0 fully saturated rings. The summed E-state index contributed by atoms with van der Waals surface area (Å²) in [4.78, 5) is 15.7. The van der Waals surface area contributed by atoms with Gasteiger partial charge in [-0.15, -0.1) is 0 Å². The molecule has 0 unspecified atom stereocenters. The van der Waals surface area contributed by atoms with E-state index in [0.29, 0.717) is 28.9 Å². The number of nitrogens with zero attached hydrogens (tertiary/aromatic N) is 1. The Hall–Kier alpha value is -1.99. The van der Waals surface area contributed by atoms with Crippen molar-refractivity contribution in [2.45, 2.75) is 12.1 Å². The van der Waals surface area contributed by atoms with Crippen LogP contribution in [-0.2, 0) is 0 Å². The Balaban J connectivity index is 1.86. The van der Waals surface area contributed by atoms with Crippen LogP contribution in [0.4, 0.5) is 0 Å². The number of thioether (sulfide) groups is 1. The second kappa shape index (κ2) is 6.97. The van der Waals surface area contributed by atoms with Gasteiger partial charge in [0, 0.05) is 5.75 Å². The Kier molecular flexibility index (Phi) is 5.03. The van der Waals surface area contributed by atoms with Crippen molar-refractivity contribution in [3.63, 3.8) is 0 Å². The number of aromatic nitrogens is 1. The Morgan fingerprint density at radius 2 is 2.30 bits per heavy atom. The van der Waals surface area contributed by atoms with Crippen molar-refractivity contribution in [2.24, 2.45) is 5.84 Å². The van der Waals surface area contributed by atoms with Crippen LogP contribution in [0.2, 0.25) is 0 Å². The van der Waals surface area contributed by atoms with E-state index in [2.05, 4.69) is 10.4 Å². The lowest BCUT2D eigenvalue weighted by molar-refractivity contribution is 0.0950. The quantitative estimate of drug-likeness (QED) is 0.277. The van der Waals surface area contributed by atoms with Gasteiger partial charge in [-0.3, -0.25) is 10.2 Å². The summed E-state index contributed by atoms with van der Waals surface area (Å²) in [6.45, 7) is 2.30. The van der Waals surface area contributed by atoms with Crippen LogP contribution < -0.4 is 16.0 Å². The number of nitrogens with one attached hydrogen (secondary N) is 1. The summed E-state index contributed by atoms with van der Waals surface area (Å²) in [5, 5.41) is 0.610. The van der Waals surface area contributed by atoms with Crippen molar-refractivity contribution >= 4 is 17.7 Å². The lowest BCUT2D eigenvalue weighted by Gasteiger charge is -2.09. The van der Waals surface area contributed by atoms with Gasteiger partial charge in [-0.05, 0) is 19.1 Å². The van der Waals surface area contributed by atoms with E-state index in [1.807, 2.05) is 6.92 Å². The molecule has 1 aromatic heterocycles. The zero-order valence-electron chi connectivity index (χ0n) is 11.0. The van der Waals surface area contributed by atoms with Crippen LogP contribution in [0, 0.1) is 6.92 Å². The number of nitrogens with two attached hydrogens (primary N) is 1. The van der Waals surface area contributed by atoms with Gasteiger partial charge in [-0.2, -0.15) is 0 Å². The molecule has 2 aromatic rings. The predicted octanol–water partition coefficient (Wildman–Crippen LogP) is 1.76. The van der Waals surface area contributed by atoms with Gasteiger partial charge >= 0.3 is 0 Å². The summed E-state index contributed by atoms with van der Waals surface area (Å²) in [5.74, 6) is 5.91. The van der Waals surface area contributed by atoms with Crippen molar-refractivity contribution < 1.29 is 13.9 Å². The summed E-state index contributed by atoms with van der Waals surface area (Å²) < 4.78 is 10.8. The molecule has 0 aliphatic heterocycles. The van der Waals surface area contributed by atoms with Crippen molar-refractivity contribution in [3.05, 3.63) is 41.8 Å². The van der Waals surface area contributed by atoms with Crippen molar-refractivity contribution in [1.29, 1.82) is 0 Å². The van der Waals surface area contributed by atoms with Gasteiger partial charge in [-0.25, -0.2) is 10.8 Å². The molecule has 0 spiro atoms. The zero-order valence-corrected chi connectivity index (χ0v) is 11.8. The van der Waals surface area contributed by atoms with E-state index in [9.17, 15) is 4.79 Å². The smallest absolute Gasteiger partial charge is 0.268 e. The third-order valence-corrected chi connectivity index (χ3v) is 3.23. The SMILES string of the molecule is Cc1coc(SCCOc2ccccc2C(=O)NN)n1. The first-order valence-corrected chi connectivity index (χ1v) is 6.97. The first-order valence-electron chi connectivity index (χ1n) is 5.98. The first kappa shape index (κ1) is 14.4. The first-order chi connectivity index (χ1) is 9.70. The van der Waals surface area contributed by atoms with Crippen LogP contribution >= 0.6 is 11.8 Å². The van der Waals surface area contributed by atoms with Gasteiger partial charge in [0.1, 0.15) is 12.0 Å². The minimum atomic E-state index is -0.378. The maximum atomic E-state index is 11.5. The number of amides is 1. The molecule has 6 nitrogen and oxygen atoms in total. The fourth-order valence-corrected chi connectivity index (χ4v) is 2.20. The molecular weight excluding hydrogens is 278 g/mol. The number of hydrogen-bond donors (Lipinski definition) is 2. The van der Waals surface area contributed by atoms with Crippen LogP contribution in [0.25, 0.3) is 0 Å². The van der Waals surface area contributed by atoms with E-state index < -0.39 is 0 Å². The van der Waals surface area contributed by atoms with Crippen molar-refractivity contribution in [2.75, 3.05) is 12.4 Å². The normalized spacial score (nSPS) is 10.3. The molecule has 0 aliphatic carbocycles. The number of rotatable bonds is 6. The van der Waals surface area contributed by atoms with E-state index in [1.54, 1.807) is 30.5 Å². The Bertz CT molecular complexity index is 586. The number of hydrazine groups is 1. The minimum Gasteiger partial charge on any atom is -0.492 e. The Morgan fingerprint density at radius 3 is 3.00 bits per heavy atom. The van der Waals surface area contributed by atoms with Gasteiger partial charge in [0.25, 0.3) is 11.1 Å². The molecule has 2 rings (SSSR count). The summed E-state index contributed by atoms with van der Waals surface area (Å²) in [7, 11) is 0. The molecule has 3 N–H and O–H groups in total. The monoisotopic (exact) mass is 293 g/mol. The van der Waals surface area contributed by atoms with Crippen LogP contribution in [0.5, 0.6) is 5.75 Å². The van der Waals surface area contributed by atoms with Gasteiger partial charge in [0.05, 0.1) is 17.9 Å². The topological polar surface area (TPSA) is 90.4 Å². The third kappa shape index (κ3) is 3.75. The number of para-hydroxylation sites is 1. The second-order valence-electron chi connectivity index (χ2n) is 3.92. The van der Waals surface area contributed by atoms with Crippen molar-refractivity contribution in [3.8, 4) is 5.75 Å². The molecule has 106 valence electrons. The van der Waals surface area contributed by atoms with Crippen LogP contribution in [0.15, 0.2) is 40.2 Å². The molecule has 0 aliphatic rings. The predicted molar refractivity (Wildman–Crippen MR) is 75.6 cm³/mol. The fourth-order valence-electron chi connectivity index (χ4n) is 1.54. The van der Waals surface area contributed by atoms with E-state index in [0.717, 1.165) is 5.69 Å². The van der Waals surface area contributed by atoms with Crippen LogP contribution in [0.3, 0.4) is 0 Å². The highest BCUT2D eigenvalue weighted by Crippen LogP contribution is 2.20. The highest BCUT2D eigenvalue weighted by molar-refractivity contribution is 7.99. The number of oxazole rings is 1. The number of hydrogen-bond acceptors (Lipinski definition) is 6. The minimum absolute atomic E-state index is 0.378. The van der Waals surface area contributed by atoms with Crippen LogP contribution in [-0.4, -0.2) is 23.3 Å². The molecule has 1 amide bonds. The largest absolute Gasteiger partial charge is 0.492 e. The molecular formula is C13H15N3O3S. The molecule has 0 saturated heterocycles. The lowest BCUT2D eigenvalue weighted by atomic mass is 10.2. The number of ether oxygens (including phenoxy) is 1. The van der Waals surface area contributed by atoms with Crippen LogP contribution in [0.1, 0.15) is 16.1 Å². The van der Waals surface area contributed by atoms with Gasteiger partial charge in [-0.1, -0.05) is 23.9 Å². The number of carbonyl (C=O) groups excluding carboxylic acids is 1. The highest BCUT2D eigenvalue weighted by atomic mass is 32.2. The number of nitrogen functional groups attached to an aromatic ring is 1.